The molecule has 0 spiro atoms. The zero-order valence-corrected chi connectivity index (χ0v) is 8.58. The van der Waals surface area contributed by atoms with Crippen LogP contribution in [0.4, 0.5) is 5.82 Å². The summed E-state index contributed by atoms with van der Waals surface area (Å²) in [7, 11) is 0. The number of anilines is 1. The molecule has 0 aromatic carbocycles. The molecule has 1 N–H and O–H groups in total. The molecule has 1 aliphatic carbocycles. The molecular weight excluding hydrogens is 172 g/mol. The first-order valence-electron chi connectivity index (χ1n) is 5.60. The second kappa shape index (κ2) is 4.99. The first-order valence-corrected chi connectivity index (χ1v) is 5.60. The van der Waals surface area contributed by atoms with Gasteiger partial charge in [-0.3, -0.25) is 0 Å². The van der Waals surface area contributed by atoms with Crippen molar-refractivity contribution in [3.05, 3.63) is 24.4 Å². The summed E-state index contributed by atoms with van der Waals surface area (Å²) in [6.07, 6.45) is 8.88. The highest BCUT2D eigenvalue weighted by Crippen LogP contribution is 2.27. The Hall–Kier alpha value is -1.05. The molecule has 76 valence electrons. The molecule has 2 nitrogen and oxygen atoms in total. The molecule has 1 heterocycles. The Bertz CT molecular complexity index is 252. The summed E-state index contributed by atoms with van der Waals surface area (Å²) >= 11 is 0. The molecule has 0 atom stereocenters. The molecule has 1 saturated carbocycles. The van der Waals surface area contributed by atoms with E-state index in [9.17, 15) is 0 Å². The van der Waals surface area contributed by atoms with E-state index in [2.05, 4.69) is 10.3 Å². The normalized spacial score (nSPS) is 17.1. The number of hydrogen-bond acceptors (Lipinski definition) is 2. The summed E-state index contributed by atoms with van der Waals surface area (Å²) in [6.45, 7) is 1.07. The quantitative estimate of drug-likeness (QED) is 0.789. The van der Waals surface area contributed by atoms with E-state index in [0.29, 0.717) is 0 Å². The van der Waals surface area contributed by atoms with Crippen molar-refractivity contribution >= 4 is 5.82 Å². The van der Waals surface area contributed by atoms with Crippen LogP contribution in [0.25, 0.3) is 0 Å². The second-order valence-electron chi connectivity index (χ2n) is 4.08. The lowest BCUT2D eigenvalue weighted by Gasteiger charge is -2.09. The molecule has 1 aromatic heterocycles. The maximum Gasteiger partial charge on any atom is 0.125 e. The van der Waals surface area contributed by atoms with E-state index in [1.807, 2.05) is 24.4 Å². The SMILES string of the molecule is c1ccc(NCCC2CCCC2)nc1. The molecule has 0 saturated heterocycles. The Morgan fingerprint density at radius 3 is 2.86 bits per heavy atom. The van der Waals surface area contributed by atoms with Crippen LogP contribution < -0.4 is 5.32 Å². The number of aromatic nitrogens is 1. The molecule has 0 aliphatic heterocycles. The number of nitrogens with one attached hydrogen (secondary N) is 1. The van der Waals surface area contributed by atoms with E-state index in [-0.39, 0.29) is 0 Å². The van der Waals surface area contributed by atoms with E-state index in [1.165, 1.54) is 32.1 Å². The van der Waals surface area contributed by atoms with Crippen LogP contribution in [0.2, 0.25) is 0 Å². The van der Waals surface area contributed by atoms with Crippen molar-refractivity contribution in [3.63, 3.8) is 0 Å². The number of nitrogens with zero attached hydrogens (tertiary/aromatic N) is 1. The van der Waals surface area contributed by atoms with Gasteiger partial charge in [0, 0.05) is 12.7 Å². The van der Waals surface area contributed by atoms with Gasteiger partial charge in [0.2, 0.25) is 0 Å². The summed E-state index contributed by atoms with van der Waals surface area (Å²) in [4.78, 5) is 4.23. The lowest BCUT2D eigenvalue weighted by molar-refractivity contribution is 0.518. The molecule has 2 heteroatoms. The predicted molar refractivity (Wildman–Crippen MR) is 59.3 cm³/mol. The van der Waals surface area contributed by atoms with Crippen molar-refractivity contribution < 1.29 is 0 Å². The summed E-state index contributed by atoms with van der Waals surface area (Å²) < 4.78 is 0. The Morgan fingerprint density at radius 1 is 1.29 bits per heavy atom. The Balaban J connectivity index is 1.67. The topological polar surface area (TPSA) is 24.9 Å². The van der Waals surface area contributed by atoms with Gasteiger partial charge in [-0.1, -0.05) is 31.7 Å². The van der Waals surface area contributed by atoms with Crippen molar-refractivity contribution in [3.8, 4) is 0 Å². The third-order valence-corrected chi connectivity index (χ3v) is 3.00. The van der Waals surface area contributed by atoms with Crippen molar-refractivity contribution in [1.82, 2.24) is 4.98 Å². The van der Waals surface area contributed by atoms with Gasteiger partial charge in [-0.25, -0.2) is 4.98 Å². The van der Waals surface area contributed by atoms with Gasteiger partial charge in [-0.15, -0.1) is 0 Å². The molecule has 14 heavy (non-hydrogen) atoms. The van der Waals surface area contributed by atoms with Crippen molar-refractivity contribution in [1.29, 1.82) is 0 Å². The molecule has 0 bridgehead atoms. The van der Waals surface area contributed by atoms with E-state index < -0.39 is 0 Å². The number of rotatable bonds is 4. The molecule has 1 aliphatic rings. The van der Waals surface area contributed by atoms with Crippen LogP contribution in [0.5, 0.6) is 0 Å². The standard InChI is InChI=1S/C12H18N2/c1-2-6-11(5-1)8-10-14-12-7-3-4-9-13-12/h3-4,7,9,11H,1-2,5-6,8,10H2,(H,13,14). The van der Waals surface area contributed by atoms with E-state index >= 15 is 0 Å². The van der Waals surface area contributed by atoms with Crippen molar-refractivity contribution in [2.45, 2.75) is 32.1 Å². The fraction of sp³-hybridized carbons (Fsp3) is 0.583. The number of hydrogen-bond donors (Lipinski definition) is 1. The van der Waals surface area contributed by atoms with E-state index in [0.717, 1.165) is 18.3 Å². The smallest absolute Gasteiger partial charge is 0.125 e. The van der Waals surface area contributed by atoms with Crippen LogP contribution in [0.1, 0.15) is 32.1 Å². The first kappa shape index (κ1) is 9.50. The van der Waals surface area contributed by atoms with Crippen molar-refractivity contribution in [2.24, 2.45) is 5.92 Å². The Morgan fingerprint density at radius 2 is 2.14 bits per heavy atom. The zero-order chi connectivity index (χ0) is 9.64. The Kier molecular flexibility index (Phi) is 3.39. The summed E-state index contributed by atoms with van der Waals surface area (Å²) in [5.41, 5.74) is 0. The highest BCUT2D eigenvalue weighted by Gasteiger charge is 2.13. The van der Waals surface area contributed by atoms with Gasteiger partial charge in [-0.05, 0) is 24.5 Å². The molecule has 1 fully saturated rings. The molecule has 1 aromatic rings. The highest BCUT2D eigenvalue weighted by atomic mass is 15.0. The third kappa shape index (κ3) is 2.72. The van der Waals surface area contributed by atoms with Crippen LogP contribution in [0, 0.1) is 5.92 Å². The lowest BCUT2D eigenvalue weighted by Crippen LogP contribution is -2.07. The van der Waals surface area contributed by atoms with Gasteiger partial charge in [-0.2, -0.15) is 0 Å². The minimum absolute atomic E-state index is 0.964. The lowest BCUT2D eigenvalue weighted by atomic mass is 10.0. The van der Waals surface area contributed by atoms with Crippen LogP contribution >= 0.6 is 0 Å². The minimum Gasteiger partial charge on any atom is -0.370 e. The predicted octanol–water partition coefficient (Wildman–Crippen LogP) is 3.07. The van der Waals surface area contributed by atoms with E-state index in [4.69, 9.17) is 0 Å². The average molecular weight is 190 g/mol. The fourth-order valence-electron chi connectivity index (χ4n) is 2.17. The first-order chi connectivity index (χ1) is 6.95. The minimum atomic E-state index is 0.964. The second-order valence-corrected chi connectivity index (χ2v) is 4.08. The number of pyridine rings is 1. The molecule has 0 radical (unpaired) electrons. The molecule has 0 amide bonds. The highest BCUT2D eigenvalue weighted by molar-refractivity contribution is 5.32. The molecule has 2 rings (SSSR count). The maximum absolute atomic E-state index is 4.23. The largest absolute Gasteiger partial charge is 0.370 e. The van der Waals surface area contributed by atoms with Gasteiger partial charge in [0.1, 0.15) is 5.82 Å². The summed E-state index contributed by atoms with van der Waals surface area (Å²) in [6, 6.07) is 5.99. The summed E-state index contributed by atoms with van der Waals surface area (Å²) in [5.74, 6) is 1.97. The van der Waals surface area contributed by atoms with Gasteiger partial charge in [0.05, 0.1) is 0 Å². The van der Waals surface area contributed by atoms with Crippen LogP contribution in [-0.4, -0.2) is 11.5 Å². The monoisotopic (exact) mass is 190 g/mol. The van der Waals surface area contributed by atoms with Gasteiger partial charge in [0.15, 0.2) is 0 Å². The molecule has 0 unspecified atom stereocenters. The van der Waals surface area contributed by atoms with Gasteiger partial charge < -0.3 is 5.32 Å². The van der Waals surface area contributed by atoms with Gasteiger partial charge >= 0.3 is 0 Å². The van der Waals surface area contributed by atoms with Crippen molar-refractivity contribution in [2.75, 3.05) is 11.9 Å². The van der Waals surface area contributed by atoms with Crippen LogP contribution in [0.3, 0.4) is 0 Å². The average Bonchev–Trinajstić information content (AvgIpc) is 2.72. The maximum atomic E-state index is 4.23. The third-order valence-electron chi connectivity index (χ3n) is 3.00. The molecular formula is C12H18N2. The zero-order valence-electron chi connectivity index (χ0n) is 8.58. The van der Waals surface area contributed by atoms with Gasteiger partial charge in [0.25, 0.3) is 0 Å². The van der Waals surface area contributed by atoms with E-state index in [1.54, 1.807) is 0 Å². The fourth-order valence-corrected chi connectivity index (χ4v) is 2.17. The summed E-state index contributed by atoms with van der Waals surface area (Å²) in [5, 5.41) is 3.36. The Labute approximate surface area is 85.7 Å². The van der Waals surface area contributed by atoms with Crippen LogP contribution in [-0.2, 0) is 0 Å². The van der Waals surface area contributed by atoms with Crippen LogP contribution in [0.15, 0.2) is 24.4 Å².